The summed E-state index contributed by atoms with van der Waals surface area (Å²) in [7, 11) is 0. The summed E-state index contributed by atoms with van der Waals surface area (Å²) in [4.78, 5) is 0. The first-order valence-electron chi connectivity index (χ1n) is 5.93. The van der Waals surface area contributed by atoms with Crippen molar-refractivity contribution < 1.29 is 14.2 Å². The van der Waals surface area contributed by atoms with Crippen molar-refractivity contribution in [2.45, 2.75) is 18.6 Å². The van der Waals surface area contributed by atoms with Gasteiger partial charge in [-0.2, -0.15) is 0 Å². The predicted octanol–water partition coefficient (Wildman–Crippen LogP) is 2.86. The van der Waals surface area contributed by atoms with Gasteiger partial charge in [0.1, 0.15) is 12.2 Å². The maximum Gasteiger partial charge on any atom is 0.165 e. The Bertz CT molecular complexity index is 568. The Kier molecular flexibility index (Phi) is 2.76. The molecule has 2 nitrogen and oxygen atoms in total. The molecule has 18 heavy (non-hydrogen) atoms. The van der Waals surface area contributed by atoms with Gasteiger partial charge in [-0.3, -0.25) is 0 Å². The molecule has 3 heteroatoms. The van der Waals surface area contributed by atoms with Gasteiger partial charge in [-0.25, -0.2) is 4.39 Å². The topological polar surface area (TPSA) is 29.5 Å². The summed E-state index contributed by atoms with van der Waals surface area (Å²) >= 11 is 0. The SMILES string of the molecule is OC1c2ccccc2CC1Oc1ccccc1F. The Balaban J connectivity index is 1.83. The molecular weight excluding hydrogens is 231 g/mol. The van der Waals surface area contributed by atoms with E-state index in [0.717, 1.165) is 11.1 Å². The zero-order valence-electron chi connectivity index (χ0n) is 9.71. The molecule has 92 valence electrons. The van der Waals surface area contributed by atoms with Crippen LogP contribution in [0.1, 0.15) is 17.2 Å². The van der Waals surface area contributed by atoms with Crippen molar-refractivity contribution in [3.63, 3.8) is 0 Å². The molecule has 0 fully saturated rings. The third-order valence-corrected chi connectivity index (χ3v) is 3.26. The maximum atomic E-state index is 13.5. The van der Waals surface area contributed by atoms with Crippen LogP contribution in [-0.2, 0) is 6.42 Å². The third-order valence-electron chi connectivity index (χ3n) is 3.26. The van der Waals surface area contributed by atoms with Crippen LogP contribution in [0.2, 0.25) is 0 Å². The van der Waals surface area contributed by atoms with Crippen LogP contribution in [0.25, 0.3) is 0 Å². The van der Waals surface area contributed by atoms with Crippen LogP contribution in [0.15, 0.2) is 48.5 Å². The van der Waals surface area contributed by atoms with E-state index >= 15 is 0 Å². The molecule has 0 saturated carbocycles. The molecule has 3 rings (SSSR count). The Hall–Kier alpha value is -1.87. The van der Waals surface area contributed by atoms with Crippen molar-refractivity contribution >= 4 is 0 Å². The summed E-state index contributed by atoms with van der Waals surface area (Å²) in [5, 5.41) is 10.1. The monoisotopic (exact) mass is 244 g/mol. The molecule has 0 aliphatic heterocycles. The van der Waals surface area contributed by atoms with Gasteiger partial charge in [0.2, 0.25) is 0 Å². The van der Waals surface area contributed by atoms with Crippen LogP contribution in [-0.4, -0.2) is 11.2 Å². The second-order valence-electron chi connectivity index (χ2n) is 4.43. The largest absolute Gasteiger partial charge is 0.484 e. The highest BCUT2D eigenvalue weighted by molar-refractivity contribution is 5.36. The molecule has 0 bridgehead atoms. The number of halogens is 1. The maximum absolute atomic E-state index is 13.5. The quantitative estimate of drug-likeness (QED) is 0.880. The Morgan fingerprint density at radius 3 is 2.56 bits per heavy atom. The van der Waals surface area contributed by atoms with Crippen molar-refractivity contribution in [2.75, 3.05) is 0 Å². The van der Waals surface area contributed by atoms with Gasteiger partial charge in [-0.1, -0.05) is 36.4 Å². The van der Waals surface area contributed by atoms with Gasteiger partial charge in [0.25, 0.3) is 0 Å². The lowest BCUT2D eigenvalue weighted by molar-refractivity contribution is 0.0469. The molecule has 0 amide bonds. The summed E-state index contributed by atoms with van der Waals surface area (Å²) in [6.07, 6.45) is -0.508. The summed E-state index contributed by atoms with van der Waals surface area (Å²) in [5.41, 5.74) is 1.94. The molecule has 0 radical (unpaired) electrons. The fraction of sp³-hybridized carbons (Fsp3) is 0.200. The smallest absolute Gasteiger partial charge is 0.165 e. The first kappa shape index (κ1) is 11.2. The Morgan fingerprint density at radius 2 is 1.78 bits per heavy atom. The average molecular weight is 244 g/mol. The first-order chi connectivity index (χ1) is 8.75. The molecule has 0 spiro atoms. The predicted molar refractivity (Wildman–Crippen MR) is 65.9 cm³/mol. The number of aliphatic hydroxyl groups is 1. The molecule has 0 heterocycles. The van der Waals surface area contributed by atoms with E-state index in [1.807, 2.05) is 24.3 Å². The zero-order chi connectivity index (χ0) is 12.5. The van der Waals surface area contributed by atoms with Crippen LogP contribution in [0.5, 0.6) is 5.75 Å². The van der Waals surface area contributed by atoms with Gasteiger partial charge in [-0.15, -0.1) is 0 Å². The van der Waals surface area contributed by atoms with Crippen LogP contribution < -0.4 is 4.74 Å². The molecule has 0 saturated heterocycles. The minimum atomic E-state index is -0.694. The highest BCUT2D eigenvalue weighted by Gasteiger charge is 2.32. The van der Waals surface area contributed by atoms with E-state index in [-0.39, 0.29) is 5.75 Å². The Morgan fingerprint density at radius 1 is 1.06 bits per heavy atom. The normalized spacial score (nSPS) is 21.7. The number of rotatable bonds is 2. The number of hydrogen-bond acceptors (Lipinski definition) is 2. The fourth-order valence-corrected chi connectivity index (χ4v) is 2.35. The van der Waals surface area contributed by atoms with Gasteiger partial charge < -0.3 is 9.84 Å². The summed E-state index contributed by atoms with van der Waals surface area (Å²) < 4.78 is 19.1. The van der Waals surface area contributed by atoms with Gasteiger partial charge >= 0.3 is 0 Å². The van der Waals surface area contributed by atoms with Gasteiger partial charge in [0.05, 0.1) is 0 Å². The third kappa shape index (κ3) is 1.87. The number of fused-ring (bicyclic) bond motifs is 1. The van der Waals surface area contributed by atoms with Crippen molar-refractivity contribution in [2.24, 2.45) is 0 Å². The molecule has 1 aliphatic carbocycles. The molecule has 2 aromatic carbocycles. The van der Waals surface area contributed by atoms with Crippen molar-refractivity contribution in [3.05, 3.63) is 65.5 Å². The number of aliphatic hydroxyl groups excluding tert-OH is 1. The number of hydrogen-bond donors (Lipinski definition) is 1. The fourth-order valence-electron chi connectivity index (χ4n) is 2.35. The molecule has 1 N–H and O–H groups in total. The van der Waals surface area contributed by atoms with E-state index in [0.29, 0.717) is 6.42 Å². The standard InChI is InChI=1S/C15H13FO2/c16-12-7-3-4-8-13(12)18-14-9-10-5-1-2-6-11(10)15(14)17/h1-8,14-15,17H,9H2. The molecule has 2 unspecified atom stereocenters. The second-order valence-corrected chi connectivity index (χ2v) is 4.43. The van der Waals surface area contributed by atoms with E-state index in [2.05, 4.69) is 0 Å². The van der Waals surface area contributed by atoms with E-state index in [4.69, 9.17) is 4.74 Å². The van der Waals surface area contributed by atoms with Crippen LogP contribution >= 0.6 is 0 Å². The van der Waals surface area contributed by atoms with Gasteiger partial charge in [0, 0.05) is 6.42 Å². The van der Waals surface area contributed by atoms with Gasteiger partial charge in [0.15, 0.2) is 11.6 Å². The number of ether oxygens (including phenoxy) is 1. The lowest BCUT2D eigenvalue weighted by atomic mass is 10.1. The van der Waals surface area contributed by atoms with Crippen LogP contribution in [0.4, 0.5) is 4.39 Å². The highest BCUT2D eigenvalue weighted by Crippen LogP contribution is 2.34. The molecule has 2 aromatic rings. The highest BCUT2D eigenvalue weighted by atomic mass is 19.1. The van der Waals surface area contributed by atoms with E-state index < -0.39 is 18.0 Å². The van der Waals surface area contributed by atoms with Crippen molar-refractivity contribution in [1.82, 2.24) is 0 Å². The van der Waals surface area contributed by atoms with Crippen LogP contribution in [0.3, 0.4) is 0 Å². The minimum absolute atomic E-state index is 0.189. The summed E-state index contributed by atoms with van der Waals surface area (Å²) in [6, 6.07) is 13.9. The lowest BCUT2D eigenvalue weighted by Gasteiger charge is -2.17. The van der Waals surface area contributed by atoms with Gasteiger partial charge in [-0.05, 0) is 23.3 Å². The molecule has 2 atom stereocenters. The molecule has 1 aliphatic rings. The number of para-hydroxylation sites is 1. The lowest BCUT2D eigenvalue weighted by Crippen LogP contribution is -2.22. The van der Waals surface area contributed by atoms with Crippen molar-refractivity contribution in [3.8, 4) is 5.75 Å². The number of benzene rings is 2. The van der Waals surface area contributed by atoms with Crippen molar-refractivity contribution in [1.29, 1.82) is 0 Å². The zero-order valence-corrected chi connectivity index (χ0v) is 9.71. The molecule has 0 aromatic heterocycles. The minimum Gasteiger partial charge on any atom is -0.484 e. The van der Waals surface area contributed by atoms with E-state index in [9.17, 15) is 9.50 Å². The summed E-state index contributed by atoms with van der Waals surface area (Å²) in [5.74, 6) is -0.213. The Labute approximate surface area is 105 Å². The van der Waals surface area contributed by atoms with Crippen LogP contribution in [0, 0.1) is 5.82 Å². The van der Waals surface area contributed by atoms with E-state index in [1.54, 1.807) is 18.2 Å². The first-order valence-corrected chi connectivity index (χ1v) is 5.93. The second kappa shape index (κ2) is 4.42. The molecular formula is C15H13FO2. The summed E-state index contributed by atoms with van der Waals surface area (Å²) in [6.45, 7) is 0. The van der Waals surface area contributed by atoms with E-state index in [1.165, 1.54) is 6.07 Å². The average Bonchev–Trinajstić information content (AvgIpc) is 2.70.